The van der Waals surface area contributed by atoms with Gasteiger partial charge in [-0.1, -0.05) is 24.3 Å². The molecule has 1 aliphatic heterocycles. The lowest BCUT2D eigenvalue weighted by atomic mass is 9.84. The number of fused-ring (bicyclic) bond motifs is 2. The number of nitrogens with one attached hydrogen (secondary N) is 1. The number of hydrogen-bond donors (Lipinski definition) is 1. The molecule has 9 nitrogen and oxygen atoms in total. The summed E-state index contributed by atoms with van der Waals surface area (Å²) in [7, 11) is -3.30. The number of esters is 1. The zero-order valence-electron chi connectivity index (χ0n) is 18.7. The summed E-state index contributed by atoms with van der Waals surface area (Å²) in [5.74, 6) is -2.19. The van der Waals surface area contributed by atoms with E-state index in [0.29, 0.717) is 29.7 Å². The van der Waals surface area contributed by atoms with E-state index >= 15 is 0 Å². The lowest BCUT2D eigenvalue weighted by Crippen LogP contribution is -2.41. The SMILES string of the molecule is CC(OC(=O)C1CCN(S(C)(=O)=O)CC1)C(=O)Nc1ccc2c(c1)C(=O)c1ccccc1C2=O. The van der Waals surface area contributed by atoms with E-state index < -0.39 is 33.9 Å². The van der Waals surface area contributed by atoms with Gasteiger partial charge >= 0.3 is 5.97 Å². The lowest BCUT2D eigenvalue weighted by molar-refractivity contribution is -0.158. The molecule has 4 rings (SSSR count). The van der Waals surface area contributed by atoms with E-state index in [0.717, 1.165) is 6.26 Å². The number of anilines is 1. The molecule has 1 heterocycles. The summed E-state index contributed by atoms with van der Waals surface area (Å²) < 4.78 is 29.8. The molecule has 178 valence electrons. The molecule has 2 aromatic rings. The molecule has 2 aromatic carbocycles. The molecule has 1 amide bonds. The number of nitrogens with zero attached hydrogens (tertiary/aromatic N) is 1. The van der Waals surface area contributed by atoms with E-state index in [1.165, 1.54) is 29.4 Å². The number of rotatable bonds is 5. The monoisotopic (exact) mass is 484 g/mol. The van der Waals surface area contributed by atoms with Crippen molar-refractivity contribution in [1.29, 1.82) is 0 Å². The molecule has 34 heavy (non-hydrogen) atoms. The van der Waals surface area contributed by atoms with Crippen LogP contribution < -0.4 is 5.32 Å². The van der Waals surface area contributed by atoms with Gasteiger partial charge in [-0.3, -0.25) is 19.2 Å². The summed E-state index contributed by atoms with van der Waals surface area (Å²) in [6.07, 6.45) is 0.668. The highest BCUT2D eigenvalue weighted by molar-refractivity contribution is 7.88. The fraction of sp³-hybridized carbons (Fsp3) is 0.333. The molecule has 1 N–H and O–H groups in total. The van der Waals surface area contributed by atoms with Crippen molar-refractivity contribution in [2.45, 2.75) is 25.9 Å². The highest BCUT2D eigenvalue weighted by Gasteiger charge is 2.32. The largest absolute Gasteiger partial charge is 0.452 e. The summed E-state index contributed by atoms with van der Waals surface area (Å²) in [5, 5.41) is 2.62. The second kappa shape index (κ2) is 9.11. The maximum atomic E-state index is 12.9. The number of hydrogen-bond acceptors (Lipinski definition) is 7. The molecule has 0 spiro atoms. The van der Waals surface area contributed by atoms with Gasteiger partial charge in [-0.15, -0.1) is 0 Å². The van der Waals surface area contributed by atoms with Crippen molar-refractivity contribution in [2.24, 2.45) is 5.92 Å². The maximum Gasteiger partial charge on any atom is 0.309 e. The number of carbonyl (C=O) groups is 4. The Morgan fingerprint density at radius 3 is 2.12 bits per heavy atom. The van der Waals surface area contributed by atoms with Crippen LogP contribution in [-0.2, 0) is 24.3 Å². The Hall–Kier alpha value is -3.37. The van der Waals surface area contributed by atoms with Gasteiger partial charge in [0.1, 0.15) is 0 Å². The first-order chi connectivity index (χ1) is 16.1. The Balaban J connectivity index is 1.39. The summed E-state index contributed by atoms with van der Waals surface area (Å²) in [4.78, 5) is 50.6. The molecule has 1 atom stereocenters. The van der Waals surface area contributed by atoms with Gasteiger partial charge in [0, 0.05) is 41.0 Å². The van der Waals surface area contributed by atoms with Crippen LogP contribution in [0.2, 0.25) is 0 Å². The van der Waals surface area contributed by atoms with E-state index in [1.54, 1.807) is 24.3 Å². The van der Waals surface area contributed by atoms with Crippen LogP contribution in [0.1, 0.15) is 51.6 Å². The molecule has 1 aliphatic carbocycles. The normalized spacial score (nSPS) is 17.5. The maximum absolute atomic E-state index is 12.9. The molecule has 0 saturated carbocycles. The molecule has 0 aromatic heterocycles. The minimum Gasteiger partial charge on any atom is -0.452 e. The van der Waals surface area contributed by atoms with Crippen molar-refractivity contribution < 1.29 is 32.3 Å². The van der Waals surface area contributed by atoms with Gasteiger partial charge in [0.05, 0.1) is 12.2 Å². The average Bonchev–Trinajstić information content (AvgIpc) is 2.82. The Morgan fingerprint density at radius 2 is 1.53 bits per heavy atom. The van der Waals surface area contributed by atoms with Crippen LogP contribution in [0.5, 0.6) is 0 Å². The number of ether oxygens (including phenoxy) is 1. The standard InChI is InChI=1S/C24H24N2O7S/c1-14(33-24(30)15-9-11-26(12-10-15)34(2,31)32)23(29)25-16-7-8-19-20(13-16)22(28)18-6-4-3-5-17(18)21(19)27/h3-8,13-15H,9-12H2,1-2H3,(H,25,29). The van der Waals surface area contributed by atoms with Crippen molar-refractivity contribution in [2.75, 3.05) is 24.7 Å². The molecule has 0 radical (unpaired) electrons. The first-order valence-electron chi connectivity index (χ1n) is 10.8. The highest BCUT2D eigenvalue weighted by Crippen LogP contribution is 2.29. The Labute approximate surface area is 197 Å². The lowest BCUT2D eigenvalue weighted by Gasteiger charge is -2.29. The summed E-state index contributed by atoms with van der Waals surface area (Å²) in [5.41, 5.74) is 1.42. The second-order valence-corrected chi connectivity index (χ2v) is 10.5. The smallest absolute Gasteiger partial charge is 0.309 e. The fourth-order valence-corrected chi connectivity index (χ4v) is 5.04. The summed E-state index contributed by atoms with van der Waals surface area (Å²) in [6, 6.07) is 11.0. The van der Waals surface area contributed by atoms with E-state index in [2.05, 4.69) is 5.32 Å². The molecule has 10 heteroatoms. The first-order valence-corrected chi connectivity index (χ1v) is 12.7. The van der Waals surface area contributed by atoms with E-state index in [-0.39, 0.29) is 35.8 Å². The van der Waals surface area contributed by atoms with Crippen molar-refractivity contribution in [3.05, 3.63) is 64.7 Å². The number of ketones is 2. The zero-order chi connectivity index (χ0) is 24.6. The number of amides is 1. The predicted octanol–water partition coefficient (Wildman–Crippen LogP) is 2.00. The average molecular weight is 485 g/mol. The molecular weight excluding hydrogens is 460 g/mol. The first kappa shape index (κ1) is 23.8. The number of benzene rings is 2. The predicted molar refractivity (Wildman–Crippen MR) is 123 cm³/mol. The molecule has 1 fully saturated rings. The van der Waals surface area contributed by atoms with Crippen molar-refractivity contribution in [1.82, 2.24) is 4.31 Å². The molecule has 2 aliphatic rings. The van der Waals surface area contributed by atoms with Crippen LogP contribution in [-0.4, -0.2) is 61.6 Å². The minimum absolute atomic E-state index is 0.198. The number of piperidine rings is 1. The van der Waals surface area contributed by atoms with Gasteiger partial charge < -0.3 is 10.1 Å². The van der Waals surface area contributed by atoms with Gasteiger partial charge in [-0.2, -0.15) is 0 Å². The summed E-state index contributed by atoms with van der Waals surface area (Å²) >= 11 is 0. The third kappa shape index (κ3) is 4.64. The van der Waals surface area contributed by atoms with Crippen LogP contribution in [0, 0.1) is 5.92 Å². The van der Waals surface area contributed by atoms with Gasteiger partial charge in [-0.25, -0.2) is 12.7 Å². The van der Waals surface area contributed by atoms with Crippen LogP contribution in [0.15, 0.2) is 42.5 Å². The van der Waals surface area contributed by atoms with Crippen molar-refractivity contribution >= 4 is 39.2 Å². The quantitative estimate of drug-likeness (QED) is 0.549. The third-order valence-corrected chi connectivity index (χ3v) is 7.41. The van der Waals surface area contributed by atoms with Crippen LogP contribution >= 0.6 is 0 Å². The number of carbonyl (C=O) groups excluding carboxylic acids is 4. The second-order valence-electron chi connectivity index (χ2n) is 8.47. The molecule has 0 bridgehead atoms. The van der Waals surface area contributed by atoms with Crippen molar-refractivity contribution in [3.63, 3.8) is 0 Å². The third-order valence-electron chi connectivity index (χ3n) is 6.11. The molecule has 1 saturated heterocycles. The van der Waals surface area contributed by atoms with E-state index in [9.17, 15) is 27.6 Å². The van der Waals surface area contributed by atoms with Gasteiger partial charge in [-0.05, 0) is 38.0 Å². The van der Waals surface area contributed by atoms with E-state index in [1.807, 2.05) is 0 Å². The van der Waals surface area contributed by atoms with E-state index in [4.69, 9.17) is 4.74 Å². The van der Waals surface area contributed by atoms with Crippen LogP contribution in [0.3, 0.4) is 0 Å². The molecular formula is C24H24N2O7S. The fourth-order valence-electron chi connectivity index (χ4n) is 4.17. The Kier molecular flexibility index (Phi) is 6.37. The van der Waals surface area contributed by atoms with Gasteiger partial charge in [0.2, 0.25) is 10.0 Å². The van der Waals surface area contributed by atoms with Gasteiger partial charge in [0.25, 0.3) is 5.91 Å². The summed E-state index contributed by atoms with van der Waals surface area (Å²) in [6.45, 7) is 1.89. The zero-order valence-corrected chi connectivity index (χ0v) is 19.6. The Bertz CT molecular complexity index is 1290. The van der Waals surface area contributed by atoms with Gasteiger partial charge in [0.15, 0.2) is 17.7 Å². The van der Waals surface area contributed by atoms with Crippen molar-refractivity contribution in [3.8, 4) is 0 Å². The topological polar surface area (TPSA) is 127 Å². The van der Waals surface area contributed by atoms with Crippen LogP contribution in [0.4, 0.5) is 5.69 Å². The van der Waals surface area contributed by atoms with Crippen LogP contribution in [0.25, 0.3) is 0 Å². The number of sulfonamides is 1. The minimum atomic E-state index is -3.30. The highest BCUT2D eigenvalue weighted by atomic mass is 32.2. The Morgan fingerprint density at radius 1 is 0.971 bits per heavy atom. The molecule has 1 unspecified atom stereocenters.